The maximum absolute atomic E-state index is 10.4. The fourth-order valence-electron chi connectivity index (χ4n) is 2.38. The van der Waals surface area contributed by atoms with Gasteiger partial charge in [-0.05, 0) is 29.9 Å². The lowest BCUT2D eigenvalue weighted by atomic mass is 9.88. The molecule has 17 heavy (non-hydrogen) atoms. The highest BCUT2D eigenvalue weighted by atomic mass is 16.5. The Morgan fingerprint density at radius 2 is 2.00 bits per heavy atom. The minimum atomic E-state index is -0.655. The molecule has 1 atom stereocenters. The van der Waals surface area contributed by atoms with Crippen LogP contribution in [0.1, 0.15) is 43.7 Å². The quantitative estimate of drug-likeness (QED) is 0.871. The SMILES string of the molecule is CC(C)c1ccc(CC2(O)CCCOC2)cc1. The molecule has 1 aliphatic rings. The van der Waals surface area contributed by atoms with Crippen molar-refractivity contribution in [2.75, 3.05) is 13.2 Å². The lowest BCUT2D eigenvalue weighted by Gasteiger charge is -2.32. The van der Waals surface area contributed by atoms with E-state index in [-0.39, 0.29) is 0 Å². The Morgan fingerprint density at radius 3 is 2.53 bits per heavy atom. The molecule has 0 radical (unpaired) electrons. The molecule has 0 spiro atoms. The molecule has 0 amide bonds. The molecule has 1 unspecified atom stereocenters. The van der Waals surface area contributed by atoms with Crippen molar-refractivity contribution in [2.24, 2.45) is 0 Å². The highest BCUT2D eigenvalue weighted by Gasteiger charge is 2.30. The Hall–Kier alpha value is -0.860. The number of hydrogen-bond donors (Lipinski definition) is 1. The van der Waals surface area contributed by atoms with Gasteiger partial charge in [0.25, 0.3) is 0 Å². The summed E-state index contributed by atoms with van der Waals surface area (Å²) in [5.41, 5.74) is 1.89. The van der Waals surface area contributed by atoms with Gasteiger partial charge in [-0.2, -0.15) is 0 Å². The molecule has 2 nitrogen and oxygen atoms in total. The van der Waals surface area contributed by atoms with E-state index in [2.05, 4.69) is 38.1 Å². The van der Waals surface area contributed by atoms with Crippen molar-refractivity contribution in [3.63, 3.8) is 0 Å². The first kappa shape index (κ1) is 12.6. The van der Waals surface area contributed by atoms with E-state index in [0.717, 1.165) is 19.4 Å². The largest absolute Gasteiger partial charge is 0.387 e. The summed E-state index contributed by atoms with van der Waals surface area (Å²) >= 11 is 0. The number of rotatable bonds is 3. The summed E-state index contributed by atoms with van der Waals surface area (Å²) in [6.45, 7) is 5.64. The van der Waals surface area contributed by atoms with Crippen LogP contribution in [0.4, 0.5) is 0 Å². The van der Waals surface area contributed by atoms with Gasteiger partial charge < -0.3 is 9.84 Å². The van der Waals surface area contributed by atoms with E-state index in [9.17, 15) is 5.11 Å². The highest BCUT2D eigenvalue weighted by Crippen LogP contribution is 2.24. The summed E-state index contributed by atoms with van der Waals surface area (Å²) in [5.74, 6) is 0.560. The Bertz CT molecular complexity index is 348. The van der Waals surface area contributed by atoms with Crippen molar-refractivity contribution in [1.82, 2.24) is 0 Å². The van der Waals surface area contributed by atoms with Crippen molar-refractivity contribution in [3.8, 4) is 0 Å². The van der Waals surface area contributed by atoms with Crippen LogP contribution in [0, 0.1) is 0 Å². The van der Waals surface area contributed by atoms with Crippen molar-refractivity contribution < 1.29 is 9.84 Å². The minimum absolute atomic E-state index is 0.471. The van der Waals surface area contributed by atoms with Crippen molar-refractivity contribution >= 4 is 0 Å². The number of ether oxygens (including phenoxy) is 1. The zero-order valence-electron chi connectivity index (χ0n) is 10.8. The lowest BCUT2D eigenvalue weighted by Crippen LogP contribution is -2.40. The zero-order valence-corrected chi connectivity index (χ0v) is 10.8. The third-order valence-corrected chi connectivity index (χ3v) is 3.48. The van der Waals surface area contributed by atoms with Gasteiger partial charge in [0.1, 0.15) is 0 Å². The summed E-state index contributed by atoms with van der Waals surface area (Å²) < 4.78 is 5.37. The maximum atomic E-state index is 10.4. The van der Waals surface area contributed by atoms with Crippen molar-refractivity contribution in [2.45, 2.75) is 44.6 Å². The van der Waals surface area contributed by atoms with Gasteiger partial charge in [0.15, 0.2) is 0 Å². The minimum Gasteiger partial charge on any atom is -0.387 e. The van der Waals surface area contributed by atoms with Gasteiger partial charge in [0, 0.05) is 13.0 Å². The van der Waals surface area contributed by atoms with Gasteiger partial charge in [0.2, 0.25) is 0 Å². The van der Waals surface area contributed by atoms with Gasteiger partial charge in [-0.3, -0.25) is 0 Å². The average molecular weight is 234 g/mol. The molecule has 0 aromatic heterocycles. The van der Waals surface area contributed by atoms with E-state index in [1.165, 1.54) is 11.1 Å². The maximum Gasteiger partial charge on any atom is 0.0921 e. The molecule has 1 fully saturated rings. The normalized spacial score (nSPS) is 25.2. The van der Waals surface area contributed by atoms with E-state index in [1.807, 2.05) is 0 Å². The zero-order chi connectivity index (χ0) is 12.3. The molecule has 1 aromatic rings. The van der Waals surface area contributed by atoms with Crippen molar-refractivity contribution in [3.05, 3.63) is 35.4 Å². The summed E-state index contributed by atoms with van der Waals surface area (Å²) in [6.07, 6.45) is 2.50. The standard InChI is InChI=1S/C15H22O2/c1-12(2)14-6-4-13(5-7-14)10-15(16)8-3-9-17-11-15/h4-7,12,16H,3,8-11H2,1-2H3. The molecular formula is C15H22O2. The van der Waals surface area contributed by atoms with Gasteiger partial charge >= 0.3 is 0 Å². The second kappa shape index (κ2) is 5.19. The Balaban J connectivity index is 2.03. The van der Waals surface area contributed by atoms with Crippen LogP contribution < -0.4 is 0 Å². The first-order valence-electron chi connectivity index (χ1n) is 6.48. The first-order valence-corrected chi connectivity index (χ1v) is 6.48. The molecule has 0 saturated carbocycles. The van der Waals surface area contributed by atoms with Crippen LogP contribution in [-0.4, -0.2) is 23.9 Å². The van der Waals surface area contributed by atoms with E-state index in [4.69, 9.17) is 4.74 Å². The molecule has 1 heterocycles. The molecule has 1 saturated heterocycles. The Kier molecular flexibility index (Phi) is 3.85. The Morgan fingerprint density at radius 1 is 1.29 bits per heavy atom. The van der Waals surface area contributed by atoms with Crippen LogP contribution in [0.15, 0.2) is 24.3 Å². The van der Waals surface area contributed by atoms with Crippen molar-refractivity contribution in [1.29, 1.82) is 0 Å². The van der Waals surface area contributed by atoms with Crippen LogP contribution in [0.5, 0.6) is 0 Å². The fraction of sp³-hybridized carbons (Fsp3) is 0.600. The molecule has 0 bridgehead atoms. The topological polar surface area (TPSA) is 29.5 Å². The monoisotopic (exact) mass is 234 g/mol. The van der Waals surface area contributed by atoms with Crippen LogP contribution in [0.25, 0.3) is 0 Å². The third-order valence-electron chi connectivity index (χ3n) is 3.48. The van der Waals surface area contributed by atoms with E-state index < -0.39 is 5.60 Å². The van der Waals surface area contributed by atoms with Crippen LogP contribution in [-0.2, 0) is 11.2 Å². The van der Waals surface area contributed by atoms with Gasteiger partial charge in [0.05, 0.1) is 12.2 Å². The molecule has 1 aliphatic heterocycles. The molecule has 2 heteroatoms. The van der Waals surface area contributed by atoms with Gasteiger partial charge in [-0.25, -0.2) is 0 Å². The molecular weight excluding hydrogens is 212 g/mol. The smallest absolute Gasteiger partial charge is 0.0921 e. The number of benzene rings is 1. The molecule has 2 rings (SSSR count). The number of hydrogen-bond acceptors (Lipinski definition) is 2. The van der Waals surface area contributed by atoms with Crippen LogP contribution in [0.3, 0.4) is 0 Å². The predicted molar refractivity (Wildman–Crippen MR) is 69.2 cm³/mol. The van der Waals surface area contributed by atoms with E-state index in [1.54, 1.807) is 0 Å². The highest BCUT2D eigenvalue weighted by molar-refractivity contribution is 5.25. The predicted octanol–water partition coefficient (Wildman–Crippen LogP) is 2.89. The average Bonchev–Trinajstić information content (AvgIpc) is 2.30. The van der Waals surface area contributed by atoms with Gasteiger partial charge in [-0.15, -0.1) is 0 Å². The lowest BCUT2D eigenvalue weighted by molar-refractivity contribution is -0.0844. The summed E-state index contributed by atoms with van der Waals surface area (Å²) in [4.78, 5) is 0. The summed E-state index contributed by atoms with van der Waals surface area (Å²) in [5, 5.41) is 10.4. The second-order valence-electron chi connectivity index (χ2n) is 5.45. The third kappa shape index (κ3) is 3.30. The molecule has 0 aliphatic carbocycles. The van der Waals surface area contributed by atoms with Crippen LogP contribution in [0.2, 0.25) is 0 Å². The molecule has 1 aromatic carbocycles. The summed E-state index contributed by atoms with van der Waals surface area (Å²) in [7, 11) is 0. The number of aliphatic hydroxyl groups is 1. The second-order valence-corrected chi connectivity index (χ2v) is 5.45. The fourth-order valence-corrected chi connectivity index (χ4v) is 2.38. The van der Waals surface area contributed by atoms with E-state index in [0.29, 0.717) is 18.9 Å². The first-order chi connectivity index (χ1) is 8.09. The molecule has 1 N–H and O–H groups in total. The van der Waals surface area contributed by atoms with Gasteiger partial charge in [-0.1, -0.05) is 38.1 Å². The van der Waals surface area contributed by atoms with E-state index >= 15 is 0 Å². The summed E-state index contributed by atoms with van der Waals surface area (Å²) in [6, 6.07) is 8.57. The van der Waals surface area contributed by atoms with Crippen LogP contribution >= 0.6 is 0 Å². The Labute approximate surface area is 104 Å². The molecule has 94 valence electrons.